The van der Waals surface area contributed by atoms with Crippen molar-refractivity contribution >= 4 is 12.0 Å². The first-order valence-corrected chi connectivity index (χ1v) is 6.39. The van der Waals surface area contributed by atoms with E-state index in [1.54, 1.807) is 12.1 Å². The summed E-state index contributed by atoms with van der Waals surface area (Å²) < 4.78 is 13.8. The number of likely N-dealkylation sites (tertiary alicyclic amines) is 1. The molecule has 0 spiro atoms. The van der Waals surface area contributed by atoms with Crippen molar-refractivity contribution in [2.24, 2.45) is 0 Å². The largest absolute Gasteiger partial charge is 0.370 e. The van der Waals surface area contributed by atoms with Gasteiger partial charge >= 0.3 is 0 Å². The van der Waals surface area contributed by atoms with Crippen LogP contribution in [0.1, 0.15) is 23.2 Å². The highest BCUT2D eigenvalue weighted by atomic mass is 19.1. The third-order valence-electron chi connectivity index (χ3n) is 3.48. The SMILES string of the molecule is CN(CCN1CCCC1)c1c(F)cccc1C=O. The molecule has 98 valence electrons. The van der Waals surface area contributed by atoms with Crippen LogP contribution in [0.3, 0.4) is 0 Å². The fourth-order valence-corrected chi connectivity index (χ4v) is 2.44. The second-order valence-corrected chi connectivity index (χ2v) is 4.77. The molecule has 4 heteroatoms. The number of likely N-dealkylation sites (N-methyl/N-ethyl adjacent to an activating group) is 1. The fraction of sp³-hybridized carbons (Fsp3) is 0.500. The number of nitrogens with zero attached hydrogens (tertiary/aromatic N) is 2. The summed E-state index contributed by atoms with van der Waals surface area (Å²) in [6, 6.07) is 4.61. The van der Waals surface area contributed by atoms with Crippen molar-refractivity contribution in [1.82, 2.24) is 4.90 Å². The van der Waals surface area contributed by atoms with Gasteiger partial charge in [-0.15, -0.1) is 0 Å². The van der Waals surface area contributed by atoms with Crippen molar-refractivity contribution < 1.29 is 9.18 Å². The second kappa shape index (κ2) is 5.96. The zero-order valence-electron chi connectivity index (χ0n) is 10.7. The van der Waals surface area contributed by atoms with Crippen LogP contribution in [-0.4, -0.2) is 44.4 Å². The van der Waals surface area contributed by atoms with E-state index in [4.69, 9.17) is 0 Å². The summed E-state index contributed by atoms with van der Waals surface area (Å²) in [4.78, 5) is 15.1. The van der Waals surface area contributed by atoms with Gasteiger partial charge in [-0.1, -0.05) is 6.07 Å². The van der Waals surface area contributed by atoms with Gasteiger partial charge in [0.2, 0.25) is 0 Å². The van der Waals surface area contributed by atoms with Crippen molar-refractivity contribution in [1.29, 1.82) is 0 Å². The monoisotopic (exact) mass is 250 g/mol. The third kappa shape index (κ3) is 2.88. The first-order valence-electron chi connectivity index (χ1n) is 6.39. The summed E-state index contributed by atoms with van der Waals surface area (Å²) in [6.07, 6.45) is 3.22. The quantitative estimate of drug-likeness (QED) is 0.748. The summed E-state index contributed by atoms with van der Waals surface area (Å²) in [7, 11) is 1.83. The number of carbonyl (C=O) groups excluding carboxylic acids is 1. The Morgan fingerprint density at radius 3 is 2.78 bits per heavy atom. The predicted molar refractivity (Wildman–Crippen MR) is 70.7 cm³/mol. The Kier molecular flexibility index (Phi) is 4.31. The molecule has 0 aromatic heterocycles. The Balaban J connectivity index is 2.03. The number of hydrogen-bond acceptors (Lipinski definition) is 3. The van der Waals surface area contributed by atoms with Crippen LogP contribution < -0.4 is 4.90 Å². The Morgan fingerprint density at radius 1 is 1.39 bits per heavy atom. The Labute approximate surface area is 107 Å². The lowest BCUT2D eigenvalue weighted by molar-refractivity contribution is 0.112. The van der Waals surface area contributed by atoms with E-state index in [2.05, 4.69) is 4.90 Å². The molecule has 1 heterocycles. The molecule has 18 heavy (non-hydrogen) atoms. The van der Waals surface area contributed by atoms with Crippen molar-refractivity contribution in [3.63, 3.8) is 0 Å². The minimum atomic E-state index is -0.330. The summed E-state index contributed by atoms with van der Waals surface area (Å²) in [6.45, 7) is 3.92. The molecule has 0 aliphatic carbocycles. The van der Waals surface area contributed by atoms with Crippen LogP contribution in [0.4, 0.5) is 10.1 Å². The van der Waals surface area contributed by atoms with Crippen molar-refractivity contribution in [3.05, 3.63) is 29.6 Å². The molecule has 3 nitrogen and oxygen atoms in total. The van der Waals surface area contributed by atoms with Gasteiger partial charge in [-0.05, 0) is 38.1 Å². The van der Waals surface area contributed by atoms with Gasteiger partial charge in [-0.25, -0.2) is 4.39 Å². The third-order valence-corrected chi connectivity index (χ3v) is 3.48. The molecule has 1 saturated heterocycles. The highest BCUT2D eigenvalue weighted by Crippen LogP contribution is 2.22. The number of rotatable bonds is 5. The molecule has 1 aliphatic heterocycles. The smallest absolute Gasteiger partial charge is 0.152 e. The summed E-state index contributed by atoms with van der Waals surface area (Å²) in [5.74, 6) is -0.330. The van der Waals surface area contributed by atoms with Crippen LogP contribution in [-0.2, 0) is 0 Å². The lowest BCUT2D eigenvalue weighted by Crippen LogP contribution is -2.32. The zero-order valence-corrected chi connectivity index (χ0v) is 10.7. The van der Waals surface area contributed by atoms with E-state index in [1.165, 1.54) is 18.9 Å². The first kappa shape index (κ1) is 13.0. The number of anilines is 1. The van der Waals surface area contributed by atoms with Crippen LogP contribution in [0.25, 0.3) is 0 Å². The van der Waals surface area contributed by atoms with E-state index >= 15 is 0 Å². The van der Waals surface area contributed by atoms with Crippen LogP contribution in [0.15, 0.2) is 18.2 Å². The van der Waals surface area contributed by atoms with Crippen LogP contribution in [0.2, 0.25) is 0 Å². The van der Waals surface area contributed by atoms with Gasteiger partial charge in [-0.3, -0.25) is 4.79 Å². The average molecular weight is 250 g/mol. The minimum Gasteiger partial charge on any atom is -0.370 e. The van der Waals surface area contributed by atoms with E-state index in [0.717, 1.165) is 26.2 Å². The summed E-state index contributed by atoms with van der Waals surface area (Å²) >= 11 is 0. The van der Waals surface area contributed by atoms with Gasteiger partial charge in [0.05, 0.1) is 5.69 Å². The molecule has 1 aromatic rings. The number of hydrogen-bond donors (Lipinski definition) is 0. The Morgan fingerprint density at radius 2 is 2.11 bits per heavy atom. The number of aldehydes is 1. The van der Waals surface area contributed by atoms with Gasteiger partial charge in [-0.2, -0.15) is 0 Å². The maximum absolute atomic E-state index is 13.8. The van der Waals surface area contributed by atoms with E-state index in [0.29, 0.717) is 17.5 Å². The van der Waals surface area contributed by atoms with Crippen molar-refractivity contribution in [2.45, 2.75) is 12.8 Å². The zero-order chi connectivity index (χ0) is 13.0. The highest BCUT2D eigenvalue weighted by molar-refractivity contribution is 5.84. The number of benzene rings is 1. The molecule has 0 amide bonds. The van der Waals surface area contributed by atoms with Gasteiger partial charge < -0.3 is 9.80 Å². The maximum Gasteiger partial charge on any atom is 0.152 e. The topological polar surface area (TPSA) is 23.6 Å². The average Bonchev–Trinajstić information content (AvgIpc) is 2.88. The van der Waals surface area contributed by atoms with Crippen molar-refractivity contribution in [2.75, 3.05) is 38.1 Å². The highest BCUT2D eigenvalue weighted by Gasteiger charge is 2.15. The van der Waals surface area contributed by atoms with E-state index in [1.807, 2.05) is 11.9 Å². The normalized spacial score (nSPS) is 15.9. The van der Waals surface area contributed by atoms with E-state index in [-0.39, 0.29) is 5.82 Å². The molecule has 0 N–H and O–H groups in total. The Hall–Kier alpha value is -1.42. The molecule has 2 rings (SSSR count). The van der Waals surface area contributed by atoms with Crippen LogP contribution in [0, 0.1) is 5.82 Å². The van der Waals surface area contributed by atoms with Crippen LogP contribution >= 0.6 is 0 Å². The van der Waals surface area contributed by atoms with Gasteiger partial charge in [0, 0.05) is 25.7 Å². The van der Waals surface area contributed by atoms with E-state index in [9.17, 15) is 9.18 Å². The predicted octanol–water partition coefficient (Wildman–Crippen LogP) is 2.17. The van der Waals surface area contributed by atoms with Gasteiger partial charge in [0.1, 0.15) is 5.82 Å². The molecular formula is C14H19FN2O. The molecule has 0 radical (unpaired) electrons. The minimum absolute atomic E-state index is 0.330. The summed E-state index contributed by atoms with van der Waals surface area (Å²) in [5.41, 5.74) is 0.825. The number of carbonyl (C=O) groups is 1. The van der Waals surface area contributed by atoms with Crippen LogP contribution in [0.5, 0.6) is 0 Å². The molecule has 0 saturated carbocycles. The number of para-hydroxylation sites is 1. The molecule has 1 fully saturated rings. The standard InChI is InChI=1S/C14H19FN2O/c1-16(9-10-17-7-2-3-8-17)14-12(11-18)5-4-6-13(14)15/h4-6,11H,2-3,7-10H2,1H3. The molecule has 0 unspecified atom stereocenters. The fourth-order valence-electron chi connectivity index (χ4n) is 2.44. The first-order chi connectivity index (χ1) is 8.72. The lowest BCUT2D eigenvalue weighted by atomic mass is 10.1. The number of halogens is 1. The summed E-state index contributed by atoms with van der Waals surface area (Å²) in [5, 5.41) is 0. The molecule has 1 aliphatic rings. The maximum atomic E-state index is 13.8. The molecular weight excluding hydrogens is 231 g/mol. The van der Waals surface area contributed by atoms with E-state index < -0.39 is 0 Å². The molecule has 0 bridgehead atoms. The second-order valence-electron chi connectivity index (χ2n) is 4.77. The lowest BCUT2D eigenvalue weighted by Gasteiger charge is -2.24. The van der Waals surface area contributed by atoms with Crippen molar-refractivity contribution in [3.8, 4) is 0 Å². The molecule has 1 aromatic carbocycles. The van der Waals surface area contributed by atoms with Gasteiger partial charge in [0.15, 0.2) is 6.29 Å². The van der Waals surface area contributed by atoms with Gasteiger partial charge in [0.25, 0.3) is 0 Å². The molecule has 0 atom stereocenters. The Bertz CT molecular complexity index is 416.